The van der Waals surface area contributed by atoms with Crippen LogP contribution in [0, 0.1) is 51.2 Å². The van der Waals surface area contributed by atoms with E-state index in [0.717, 1.165) is 55.5 Å². The van der Waals surface area contributed by atoms with Gasteiger partial charge in [0.05, 0.1) is 30.5 Å². The van der Waals surface area contributed by atoms with Gasteiger partial charge in [-0.2, -0.15) is 14.6 Å². The number of allylic oxidation sites excluding steroid dienone is 2. The minimum Gasteiger partial charge on any atom is -0.497 e. The highest BCUT2D eigenvalue weighted by Gasteiger charge is 2.69. The van der Waals surface area contributed by atoms with Crippen molar-refractivity contribution in [2.75, 3.05) is 13.7 Å². The maximum Gasteiger partial charge on any atom is 0.312 e. The van der Waals surface area contributed by atoms with Crippen molar-refractivity contribution < 1.29 is 14.3 Å². The van der Waals surface area contributed by atoms with Crippen LogP contribution in [0.3, 0.4) is 0 Å². The van der Waals surface area contributed by atoms with Crippen LogP contribution in [0.25, 0.3) is 17.0 Å². The summed E-state index contributed by atoms with van der Waals surface area (Å²) in [4.78, 5) is 23.9. The van der Waals surface area contributed by atoms with Gasteiger partial charge in [0.1, 0.15) is 12.1 Å². The zero-order valence-corrected chi connectivity index (χ0v) is 31.2. The molecule has 3 fully saturated rings. The highest BCUT2D eigenvalue weighted by Crippen LogP contribution is 2.75. The molecule has 262 valence electrons. The first-order valence-electron chi connectivity index (χ1n) is 19.0. The van der Waals surface area contributed by atoms with Gasteiger partial charge in [-0.3, -0.25) is 4.79 Å². The van der Waals surface area contributed by atoms with Crippen molar-refractivity contribution in [1.29, 1.82) is 0 Å². The van der Waals surface area contributed by atoms with Gasteiger partial charge in [0.2, 0.25) is 0 Å². The topological polar surface area (TPSA) is 78.6 Å². The standard InChI is InChI=1S/C42H56N4O3/c1-10-49-36(47)42-19-16-25(2)26(3)33(42)30-14-15-32-39(6)23-29-34(27-12-11-13-28(22-27)48-9)46-37(43-24-44-46)45-35(29)38(4,5)31(39)17-18-41(32,8)40(30,7)20-21-42/h11-14,22,24-26,31-33H,10,15-21,23H2,1-9H3/t25-,26+,31?,32?,33?,39+,40-,41-,42+/m1/s1. The highest BCUT2D eigenvalue weighted by atomic mass is 16.5. The first-order valence-corrected chi connectivity index (χ1v) is 19.0. The average molecular weight is 665 g/mol. The molecule has 3 aromatic rings. The number of rotatable bonds is 4. The molecule has 0 saturated heterocycles. The molecule has 5 aliphatic carbocycles. The Morgan fingerprint density at radius 2 is 1.82 bits per heavy atom. The van der Waals surface area contributed by atoms with Gasteiger partial charge in [0.25, 0.3) is 5.78 Å². The van der Waals surface area contributed by atoms with Gasteiger partial charge in [0.15, 0.2) is 0 Å². The molecule has 0 aliphatic heterocycles. The molecule has 2 aromatic heterocycles. The Balaban J connectivity index is 1.28. The van der Waals surface area contributed by atoms with E-state index in [1.54, 1.807) is 19.0 Å². The number of benzene rings is 1. The lowest BCUT2D eigenvalue weighted by molar-refractivity contribution is -0.183. The Hall–Kier alpha value is -3.22. The molecule has 9 atom stereocenters. The smallest absolute Gasteiger partial charge is 0.312 e. The van der Waals surface area contributed by atoms with E-state index in [1.807, 2.05) is 17.5 Å². The van der Waals surface area contributed by atoms with Crippen LogP contribution in [0.15, 0.2) is 42.2 Å². The van der Waals surface area contributed by atoms with Crippen LogP contribution >= 0.6 is 0 Å². The number of nitrogens with zero attached hydrogens (tertiary/aromatic N) is 4. The van der Waals surface area contributed by atoms with Crippen LogP contribution in [0.2, 0.25) is 0 Å². The van der Waals surface area contributed by atoms with Crippen molar-refractivity contribution in [3.8, 4) is 17.0 Å². The molecule has 0 bridgehead atoms. The first kappa shape index (κ1) is 33.0. The molecule has 2 heterocycles. The molecular weight excluding hydrogens is 608 g/mol. The van der Waals surface area contributed by atoms with Gasteiger partial charge in [0, 0.05) is 16.5 Å². The van der Waals surface area contributed by atoms with Gasteiger partial charge in [-0.05, 0) is 116 Å². The second-order valence-corrected chi connectivity index (χ2v) is 17.9. The molecule has 1 aromatic carbocycles. The molecule has 0 N–H and O–H groups in total. The van der Waals surface area contributed by atoms with Crippen LogP contribution in [-0.4, -0.2) is 39.3 Å². The molecule has 5 aliphatic rings. The molecule has 8 rings (SSSR count). The van der Waals surface area contributed by atoms with E-state index in [-0.39, 0.29) is 39.0 Å². The van der Waals surface area contributed by atoms with E-state index in [1.165, 1.54) is 24.1 Å². The summed E-state index contributed by atoms with van der Waals surface area (Å²) in [6, 6.07) is 8.38. The lowest BCUT2D eigenvalue weighted by Gasteiger charge is -2.71. The van der Waals surface area contributed by atoms with Gasteiger partial charge in [-0.25, -0.2) is 4.98 Å². The number of fused-ring (bicyclic) bond motifs is 9. The summed E-state index contributed by atoms with van der Waals surface area (Å²) in [5, 5.41) is 4.73. The zero-order chi connectivity index (χ0) is 34.7. The number of esters is 1. The lowest BCUT2D eigenvalue weighted by Crippen LogP contribution is -2.65. The fourth-order valence-electron chi connectivity index (χ4n) is 13.1. The summed E-state index contributed by atoms with van der Waals surface area (Å²) >= 11 is 0. The number of hydrogen-bond donors (Lipinski definition) is 0. The molecule has 0 radical (unpaired) electrons. The lowest BCUT2D eigenvalue weighted by atomic mass is 9.33. The van der Waals surface area contributed by atoms with Gasteiger partial charge >= 0.3 is 5.97 Å². The van der Waals surface area contributed by atoms with E-state index in [0.29, 0.717) is 36.1 Å². The van der Waals surface area contributed by atoms with E-state index < -0.39 is 0 Å². The normalized spacial score (nSPS) is 39.0. The summed E-state index contributed by atoms with van der Waals surface area (Å²) in [6.45, 7) is 20.0. The molecular formula is C42H56N4O3. The predicted molar refractivity (Wildman–Crippen MR) is 192 cm³/mol. The number of hydrogen-bond acceptors (Lipinski definition) is 6. The molecule has 3 unspecified atom stereocenters. The Labute approximate surface area is 292 Å². The van der Waals surface area contributed by atoms with Gasteiger partial charge < -0.3 is 9.47 Å². The monoisotopic (exact) mass is 664 g/mol. The van der Waals surface area contributed by atoms with Crippen molar-refractivity contribution in [2.45, 2.75) is 112 Å². The van der Waals surface area contributed by atoms with Crippen molar-refractivity contribution >= 4 is 11.7 Å². The molecule has 0 spiro atoms. The average Bonchev–Trinajstić information content (AvgIpc) is 3.54. The largest absolute Gasteiger partial charge is 0.497 e. The minimum absolute atomic E-state index is 0.0318. The third-order valence-electron chi connectivity index (χ3n) is 15.8. The van der Waals surface area contributed by atoms with Crippen LogP contribution < -0.4 is 4.74 Å². The Morgan fingerprint density at radius 3 is 2.57 bits per heavy atom. The Bertz CT molecular complexity index is 1860. The predicted octanol–water partition coefficient (Wildman–Crippen LogP) is 9.03. The molecule has 0 amide bonds. The van der Waals surface area contributed by atoms with Crippen LogP contribution in [0.4, 0.5) is 0 Å². The molecule has 49 heavy (non-hydrogen) atoms. The maximum atomic E-state index is 14.0. The third-order valence-corrected chi connectivity index (χ3v) is 15.8. The van der Waals surface area contributed by atoms with Crippen molar-refractivity contribution in [1.82, 2.24) is 19.6 Å². The van der Waals surface area contributed by atoms with E-state index in [2.05, 4.69) is 77.7 Å². The summed E-state index contributed by atoms with van der Waals surface area (Å²) in [6.07, 6.45) is 12.7. The second-order valence-electron chi connectivity index (χ2n) is 17.9. The fraction of sp³-hybridized carbons (Fsp3) is 0.667. The summed E-state index contributed by atoms with van der Waals surface area (Å²) in [7, 11) is 1.73. The maximum absolute atomic E-state index is 14.0. The van der Waals surface area contributed by atoms with Crippen LogP contribution in [-0.2, 0) is 21.4 Å². The zero-order valence-electron chi connectivity index (χ0n) is 31.2. The Morgan fingerprint density at radius 1 is 1.02 bits per heavy atom. The van der Waals surface area contributed by atoms with E-state index >= 15 is 0 Å². The second kappa shape index (κ2) is 10.9. The quantitative estimate of drug-likeness (QED) is 0.205. The fourth-order valence-corrected chi connectivity index (χ4v) is 13.1. The van der Waals surface area contributed by atoms with E-state index in [9.17, 15) is 4.79 Å². The third kappa shape index (κ3) is 4.19. The van der Waals surface area contributed by atoms with Crippen molar-refractivity contribution in [3.05, 3.63) is 53.5 Å². The SMILES string of the molecule is CCOC(=O)[C@]12CC[C@@H](C)[C@H](C)C1C1=CCC3[C@@]4(C)Cc5c(nc6ncnn6c5-c5cccc(OC)c5)C(C)(C)C4CC[C@@]3(C)[C@]1(C)CC2. The van der Waals surface area contributed by atoms with Crippen molar-refractivity contribution in [3.63, 3.8) is 0 Å². The van der Waals surface area contributed by atoms with Crippen LogP contribution in [0.5, 0.6) is 5.75 Å². The minimum atomic E-state index is -0.385. The van der Waals surface area contributed by atoms with Crippen LogP contribution in [0.1, 0.15) is 112 Å². The van der Waals surface area contributed by atoms with E-state index in [4.69, 9.17) is 19.6 Å². The number of carbonyl (C=O) groups excluding carboxylic acids is 1. The van der Waals surface area contributed by atoms with Gasteiger partial charge in [-0.1, -0.05) is 72.2 Å². The first-order chi connectivity index (χ1) is 23.3. The summed E-state index contributed by atoms with van der Waals surface area (Å²) < 4.78 is 13.6. The summed E-state index contributed by atoms with van der Waals surface area (Å²) in [5.41, 5.74) is 5.91. The molecule has 7 heteroatoms. The van der Waals surface area contributed by atoms with Gasteiger partial charge in [-0.15, -0.1) is 0 Å². The number of ether oxygens (including phenoxy) is 2. The Kier molecular flexibility index (Phi) is 7.32. The highest BCUT2D eigenvalue weighted by molar-refractivity contribution is 5.79. The van der Waals surface area contributed by atoms with Crippen molar-refractivity contribution in [2.24, 2.45) is 51.2 Å². The number of aromatic nitrogens is 4. The number of methoxy groups -OCH3 is 1. The molecule has 3 saturated carbocycles. The molecule has 7 nitrogen and oxygen atoms in total. The number of carbonyl (C=O) groups is 1. The summed E-state index contributed by atoms with van der Waals surface area (Å²) in [5.74, 6) is 3.85.